The molecule has 6 nitrogen and oxygen atoms in total. The number of carbonyl (C=O) groups excluding carboxylic acids is 1. The number of nitrogens with zero attached hydrogens (tertiary/aromatic N) is 1. The van der Waals surface area contributed by atoms with E-state index in [2.05, 4.69) is 62.2 Å². The quantitative estimate of drug-likeness (QED) is 0.203. The lowest BCUT2D eigenvalue weighted by molar-refractivity contribution is 0.200. The van der Waals surface area contributed by atoms with Gasteiger partial charge in [-0.15, -0.1) is 0 Å². The molecule has 0 aliphatic rings. The van der Waals surface area contributed by atoms with Crippen molar-refractivity contribution < 1.29 is 19.0 Å². The Balaban J connectivity index is 1.83. The monoisotopic (exact) mass is 544 g/mol. The number of ether oxygens (including phenoxy) is 3. The average molecular weight is 545 g/mol. The molecule has 0 saturated heterocycles. The Labute approximate surface area is 240 Å². The lowest BCUT2D eigenvalue weighted by atomic mass is 9.90. The largest absolute Gasteiger partial charge is 0.497 e. The maximum atomic E-state index is 12.1. The maximum absolute atomic E-state index is 12.1. The molecule has 40 heavy (non-hydrogen) atoms. The Morgan fingerprint density at radius 1 is 0.800 bits per heavy atom. The van der Waals surface area contributed by atoms with Gasteiger partial charge in [0.1, 0.15) is 23.9 Å². The number of hydrogen-bond donors (Lipinski definition) is 1. The summed E-state index contributed by atoms with van der Waals surface area (Å²) in [5, 5.41) is 2.79. The van der Waals surface area contributed by atoms with E-state index < -0.39 is 6.09 Å². The van der Waals surface area contributed by atoms with Gasteiger partial charge in [-0.1, -0.05) is 69.2 Å². The first-order valence-electron chi connectivity index (χ1n) is 14.3. The van der Waals surface area contributed by atoms with Crippen LogP contribution in [0.4, 0.5) is 4.79 Å². The number of likely N-dealkylation sites (N-methyl/N-ethyl adjacent to an activating group) is 1. The van der Waals surface area contributed by atoms with Gasteiger partial charge in [0.25, 0.3) is 0 Å². The van der Waals surface area contributed by atoms with E-state index in [9.17, 15) is 4.79 Å². The SMILES string of the molecule is CCCCNC(=O)Oc1ccc(/C(=C(/C)Cc2ccc(OC)cc2)c2ccc(OCCN(CC)CC)cc2)cc1. The van der Waals surface area contributed by atoms with Crippen molar-refractivity contribution in [3.8, 4) is 17.2 Å². The first kappa shape index (κ1) is 30.8. The van der Waals surface area contributed by atoms with Crippen molar-refractivity contribution in [2.24, 2.45) is 0 Å². The molecule has 0 aromatic heterocycles. The number of allylic oxidation sites excluding steroid dienone is 1. The number of benzene rings is 3. The summed E-state index contributed by atoms with van der Waals surface area (Å²) in [6.07, 6.45) is 2.31. The van der Waals surface area contributed by atoms with E-state index in [4.69, 9.17) is 14.2 Å². The summed E-state index contributed by atoms with van der Waals surface area (Å²) in [7, 11) is 1.68. The van der Waals surface area contributed by atoms with E-state index >= 15 is 0 Å². The van der Waals surface area contributed by atoms with E-state index in [0.29, 0.717) is 18.9 Å². The summed E-state index contributed by atoms with van der Waals surface area (Å²) in [5.74, 6) is 2.22. The molecule has 0 aliphatic heterocycles. The number of methoxy groups -OCH3 is 1. The first-order chi connectivity index (χ1) is 19.5. The fourth-order valence-electron chi connectivity index (χ4n) is 4.55. The van der Waals surface area contributed by atoms with Crippen LogP contribution in [0.1, 0.15) is 57.2 Å². The second kappa shape index (κ2) is 16.4. The lowest BCUT2D eigenvalue weighted by Gasteiger charge is -2.18. The van der Waals surface area contributed by atoms with Crippen molar-refractivity contribution in [2.75, 3.05) is 39.9 Å². The predicted octanol–water partition coefficient (Wildman–Crippen LogP) is 7.37. The van der Waals surface area contributed by atoms with Crippen LogP contribution in [-0.4, -0.2) is 50.9 Å². The summed E-state index contributed by atoms with van der Waals surface area (Å²) in [4.78, 5) is 14.4. The molecule has 0 aliphatic carbocycles. The van der Waals surface area contributed by atoms with Gasteiger partial charge in [0, 0.05) is 13.1 Å². The highest BCUT2D eigenvalue weighted by atomic mass is 16.6. The van der Waals surface area contributed by atoms with Crippen LogP contribution in [0.15, 0.2) is 78.4 Å². The van der Waals surface area contributed by atoms with Crippen LogP contribution in [0, 0.1) is 0 Å². The number of rotatable bonds is 15. The molecular weight excluding hydrogens is 500 g/mol. The van der Waals surface area contributed by atoms with E-state index in [-0.39, 0.29) is 0 Å². The molecule has 3 rings (SSSR count). The van der Waals surface area contributed by atoms with Crippen LogP contribution in [0.25, 0.3) is 5.57 Å². The minimum absolute atomic E-state index is 0.427. The smallest absolute Gasteiger partial charge is 0.412 e. The Bertz CT molecular complexity index is 1200. The van der Waals surface area contributed by atoms with Crippen LogP contribution in [0.5, 0.6) is 17.2 Å². The van der Waals surface area contributed by atoms with Crippen molar-refractivity contribution in [1.82, 2.24) is 10.2 Å². The molecule has 1 N–H and O–H groups in total. The molecule has 0 saturated carbocycles. The molecule has 0 fully saturated rings. The molecule has 214 valence electrons. The molecule has 0 spiro atoms. The van der Waals surface area contributed by atoms with Crippen molar-refractivity contribution in [3.63, 3.8) is 0 Å². The topological polar surface area (TPSA) is 60.0 Å². The van der Waals surface area contributed by atoms with E-state index in [1.807, 2.05) is 48.5 Å². The molecule has 3 aromatic carbocycles. The molecular formula is C34H44N2O4. The van der Waals surface area contributed by atoms with Crippen molar-refractivity contribution in [1.29, 1.82) is 0 Å². The predicted molar refractivity (Wildman–Crippen MR) is 163 cm³/mol. The van der Waals surface area contributed by atoms with Crippen LogP contribution >= 0.6 is 0 Å². The molecule has 3 aromatic rings. The summed E-state index contributed by atoms with van der Waals surface area (Å²) in [6.45, 7) is 12.8. The minimum atomic E-state index is -0.427. The van der Waals surface area contributed by atoms with Gasteiger partial charge in [-0.05, 0) is 91.5 Å². The second-order valence-electron chi connectivity index (χ2n) is 9.77. The molecule has 0 bridgehead atoms. The van der Waals surface area contributed by atoms with Gasteiger partial charge in [-0.2, -0.15) is 0 Å². The standard InChI is InChI=1S/C34H44N2O4/c1-6-9-22-35-34(37)40-32-20-14-29(15-21-32)33(26(4)25-27-10-16-30(38-5)17-11-27)28-12-18-31(19-13-28)39-24-23-36(7-2)8-3/h10-21H,6-9,22-25H2,1-5H3,(H,35,37)/b33-26-. The normalized spacial score (nSPS) is 11.7. The average Bonchev–Trinajstić information content (AvgIpc) is 2.97. The summed E-state index contributed by atoms with van der Waals surface area (Å²) < 4.78 is 16.8. The highest BCUT2D eigenvalue weighted by Gasteiger charge is 2.12. The van der Waals surface area contributed by atoms with Gasteiger partial charge >= 0.3 is 6.09 Å². The number of amides is 1. The molecule has 0 radical (unpaired) electrons. The second-order valence-corrected chi connectivity index (χ2v) is 9.77. The molecule has 0 atom stereocenters. The third-order valence-electron chi connectivity index (χ3n) is 6.92. The number of nitrogens with one attached hydrogen (secondary N) is 1. The fourth-order valence-corrected chi connectivity index (χ4v) is 4.55. The van der Waals surface area contributed by atoms with Crippen molar-refractivity contribution in [2.45, 2.75) is 47.0 Å². The van der Waals surface area contributed by atoms with Gasteiger partial charge in [0.15, 0.2) is 0 Å². The van der Waals surface area contributed by atoms with Crippen molar-refractivity contribution >= 4 is 11.7 Å². The van der Waals surface area contributed by atoms with Crippen molar-refractivity contribution in [3.05, 3.63) is 95.1 Å². The van der Waals surface area contributed by atoms with Crippen LogP contribution in [0.2, 0.25) is 0 Å². The Morgan fingerprint density at radius 3 is 1.93 bits per heavy atom. The minimum Gasteiger partial charge on any atom is -0.497 e. The van der Waals surface area contributed by atoms with E-state index in [0.717, 1.165) is 67.1 Å². The van der Waals surface area contributed by atoms with Gasteiger partial charge in [-0.25, -0.2) is 4.79 Å². The van der Waals surface area contributed by atoms with Gasteiger partial charge in [0.05, 0.1) is 7.11 Å². The van der Waals surface area contributed by atoms with E-state index in [1.165, 1.54) is 11.1 Å². The van der Waals surface area contributed by atoms with Crippen LogP contribution in [-0.2, 0) is 6.42 Å². The Morgan fingerprint density at radius 2 is 1.38 bits per heavy atom. The third-order valence-corrected chi connectivity index (χ3v) is 6.92. The first-order valence-corrected chi connectivity index (χ1v) is 14.3. The zero-order chi connectivity index (χ0) is 28.7. The Hall–Kier alpha value is -3.77. The number of unbranched alkanes of at least 4 members (excludes halogenated alkanes) is 1. The van der Waals surface area contributed by atoms with Gasteiger partial charge < -0.3 is 24.4 Å². The summed E-state index contributed by atoms with van der Waals surface area (Å²) in [6, 6.07) is 24.2. The molecule has 0 heterocycles. The van der Waals surface area contributed by atoms with Gasteiger partial charge in [0.2, 0.25) is 0 Å². The summed E-state index contributed by atoms with van der Waals surface area (Å²) >= 11 is 0. The zero-order valence-corrected chi connectivity index (χ0v) is 24.7. The van der Waals surface area contributed by atoms with Crippen LogP contribution in [0.3, 0.4) is 0 Å². The van der Waals surface area contributed by atoms with Crippen LogP contribution < -0.4 is 19.5 Å². The number of carbonyl (C=O) groups is 1. The highest BCUT2D eigenvalue weighted by molar-refractivity contribution is 5.82. The molecule has 1 amide bonds. The fraction of sp³-hybridized carbons (Fsp3) is 0.382. The third kappa shape index (κ3) is 9.45. The molecule has 0 unspecified atom stereocenters. The lowest BCUT2D eigenvalue weighted by Crippen LogP contribution is -2.27. The number of hydrogen-bond acceptors (Lipinski definition) is 5. The summed E-state index contributed by atoms with van der Waals surface area (Å²) in [5.41, 5.74) is 5.74. The molecule has 6 heteroatoms. The highest BCUT2D eigenvalue weighted by Crippen LogP contribution is 2.31. The van der Waals surface area contributed by atoms with Gasteiger partial charge in [-0.3, -0.25) is 0 Å². The zero-order valence-electron chi connectivity index (χ0n) is 24.7. The van der Waals surface area contributed by atoms with E-state index in [1.54, 1.807) is 7.11 Å². The maximum Gasteiger partial charge on any atom is 0.412 e. The Kier molecular flexibility index (Phi) is 12.6.